The van der Waals surface area contributed by atoms with Crippen LogP contribution in [0.5, 0.6) is 0 Å². The third kappa shape index (κ3) is 3.19. The topological polar surface area (TPSA) is 75.4 Å². The van der Waals surface area contributed by atoms with Crippen LogP contribution in [0.1, 0.15) is 32.2 Å². The van der Waals surface area contributed by atoms with Crippen LogP contribution in [0, 0.1) is 5.92 Å². The van der Waals surface area contributed by atoms with E-state index >= 15 is 0 Å². The fraction of sp³-hybridized carbons (Fsp3) is 0.400. The molecule has 1 aliphatic rings. The highest BCUT2D eigenvalue weighted by Crippen LogP contribution is 2.23. The van der Waals surface area contributed by atoms with Crippen molar-refractivity contribution in [2.45, 2.75) is 19.4 Å². The van der Waals surface area contributed by atoms with Gasteiger partial charge in [-0.15, -0.1) is 11.3 Å². The van der Waals surface area contributed by atoms with Crippen molar-refractivity contribution in [2.75, 3.05) is 13.1 Å². The molecule has 0 radical (unpaired) electrons. The zero-order valence-electron chi connectivity index (χ0n) is 12.0. The van der Waals surface area contributed by atoms with E-state index in [1.54, 1.807) is 12.3 Å². The van der Waals surface area contributed by atoms with Gasteiger partial charge in [0, 0.05) is 32.0 Å². The normalized spacial score (nSPS) is 15.9. The second kappa shape index (κ2) is 6.31. The van der Waals surface area contributed by atoms with E-state index in [1.165, 1.54) is 6.07 Å². The molecule has 22 heavy (non-hydrogen) atoms. The number of hydrogen-bond acceptors (Lipinski definition) is 4. The van der Waals surface area contributed by atoms with Crippen molar-refractivity contribution in [1.29, 1.82) is 0 Å². The fourth-order valence-corrected chi connectivity index (χ4v) is 3.53. The minimum absolute atomic E-state index is 0.0601. The predicted molar refractivity (Wildman–Crippen MR) is 82.1 cm³/mol. The number of carboxylic acid groups (broad SMARTS) is 1. The number of thiophene rings is 1. The maximum Gasteiger partial charge on any atom is 0.345 e. The van der Waals surface area contributed by atoms with Gasteiger partial charge in [0.1, 0.15) is 4.88 Å². The number of amides is 1. The number of rotatable bonds is 4. The Morgan fingerprint density at radius 2 is 2.00 bits per heavy atom. The number of carbonyl (C=O) groups excluding carboxylic acids is 1. The molecular weight excluding hydrogens is 302 g/mol. The van der Waals surface area contributed by atoms with Crippen LogP contribution in [0.2, 0.25) is 0 Å². The zero-order chi connectivity index (χ0) is 15.5. The molecule has 0 spiro atoms. The molecule has 1 amide bonds. The van der Waals surface area contributed by atoms with Crippen LogP contribution in [0.4, 0.5) is 0 Å². The Morgan fingerprint density at radius 1 is 1.27 bits per heavy atom. The molecule has 0 unspecified atom stereocenters. The van der Waals surface area contributed by atoms with Crippen molar-refractivity contribution >= 4 is 23.2 Å². The summed E-state index contributed by atoms with van der Waals surface area (Å²) in [6, 6.07) is 5.01. The number of nitrogens with zero attached hydrogens (tertiary/aromatic N) is 3. The number of aromatic carboxylic acids is 1. The number of likely N-dealkylation sites (tertiary alicyclic amines) is 1. The van der Waals surface area contributed by atoms with Crippen molar-refractivity contribution in [3.63, 3.8) is 0 Å². The van der Waals surface area contributed by atoms with Gasteiger partial charge >= 0.3 is 5.97 Å². The van der Waals surface area contributed by atoms with E-state index in [0.717, 1.165) is 30.7 Å². The summed E-state index contributed by atoms with van der Waals surface area (Å²) in [5.41, 5.74) is 0. The van der Waals surface area contributed by atoms with Gasteiger partial charge in [-0.1, -0.05) is 0 Å². The van der Waals surface area contributed by atoms with Crippen LogP contribution in [-0.2, 0) is 6.54 Å². The first-order valence-electron chi connectivity index (χ1n) is 7.23. The lowest BCUT2D eigenvalue weighted by atomic mass is 9.97. The van der Waals surface area contributed by atoms with Crippen LogP contribution in [-0.4, -0.2) is 44.8 Å². The molecule has 2 aromatic rings. The summed E-state index contributed by atoms with van der Waals surface area (Å²) in [4.78, 5) is 25.8. The van der Waals surface area contributed by atoms with Crippen LogP contribution in [0.25, 0.3) is 0 Å². The first-order valence-corrected chi connectivity index (χ1v) is 8.05. The third-order valence-corrected chi connectivity index (χ3v) is 4.99. The molecule has 1 fully saturated rings. The summed E-state index contributed by atoms with van der Waals surface area (Å²) in [6.07, 6.45) is 5.62. The van der Waals surface area contributed by atoms with Crippen LogP contribution >= 0.6 is 11.3 Å². The van der Waals surface area contributed by atoms with E-state index in [2.05, 4.69) is 5.10 Å². The van der Waals surface area contributed by atoms with Gasteiger partial charge in [0.05, 0.1) is 4.88 Å². The Bertz CT molecular complexity index is 657. The molecule has 116 valence electrons. The Kier molecular flexibility index (Phi) is 4.24. The van der Waals surface area contributed by atoms with Gasteiger partial charge in [0.2, 0.25) is 0 Å². The van der Waals surface area contributed by atoms with Gasteiger partial charge in [0.15, 0.2) is 0 Å². The SMILES string of the molecule is O=C(O)c1ccc(C(=O)N2CCC(Cn3cccn3)CC2)s1. The van der Waals surface area contributed by atoms with E-state index < -0.39 is 5.97 Å². The van der Waals surface area contributed by atoms with Crippen molar-refractivity contribution in [3.05, 3.63) is 40.3 Å². The quantitative estimate of drug-likeness (QED) is 0.937. The summed E-state index contributed by atoms with van der Waals surface area (Å²) in [5.74, 6) is -0.515. The minimum Gasteiger partial charge on any atom is -0.477 e. The monoisotopic (exact) mass is 319 g/mol. The van der Waals surface area contributed by atoms with E-state index in [4.69, 9.17) is 5.11 Å². The lowest BCUT2D eigenvalue weighted by molar-refractivity contribution is 0.0683. The van der Waals surface area contributed by atoms with Crippen molar-refractivity contribution in [3.8, 4) is 0 Å². The highest BCUT2D eigenvalue weighted by Gasteiger charge is 2.25. The number of piperidine rings is 1. The van der Waals surface area contributed by atoms with Crippen LogP contribution < -0.4 is 0 Å². The lowest BCUT2D eigenvalue weighted by Crippen LogP contribution is -2.39. The van der Waals surface area contributed by atoms with Crippen molar-refractivity contribution < 1.29 is 14.7 Å². The molecule has 0 saturated carbocycles. The third-order valence-electron chi connectivity index (χ3n) is 3.93. The van der Waals surface area contributed by atoms with Gasteiger partial charge in [0.25, 0.3) is 5.91 Å². The van der Waals surface area contributed by atoms with Crippen molar-refractivity contribution in [2.24, 2.45) is 5.92 Å². The van der Waals surface area contributed by atoms with Crippen LogP contribution in [0.3, 0.4) is 0 Å². The van der Waals surface area contributed by atoms with Gasteiger partial charge in [-0.05, 0) is 37.0 Å². The Balaban J connectivity index is 1.56. The molecule has 1 saturated heterocycles. The molecule has 3 heterocycles. The molecule has 7 heteroatoms. The average molecular weight is 319 g/mol. The maximum atomic E-state index is 12.4. The van der Waals surface area contributed by atoms with Crippen molar-refractivity contribution in [1.82, 2.24) is 14.7 Å². The summed E-state index contributed by atoms with van der Waals surface area (Å²) in [7, 11) is 0. The smallest absolute Gasteiger partial charge is 0.345 e. The number of aromatic nitrogens is 2. The fourth-order valence-electron chi connectivity index (χ4n) is 2.72. The molecule has 2 aromatic heterocycles. The molecule has 1 N–H and O–H groups in total. The second-order valence-electron chi connectivity index (χ2n) is 5.43. The average Bonchev–Trinajstić information content (AvgIpc) is 3.18. The van der Waals surface area contributed by atoms with E-state index in [0.29, 0.717) is 23.9 Å². The zero-order valence-corrected chi connectivity index (χ0v) is 12.8. The standard InChI is InChI=1S/C15H17N3O3S/c19-14(12-2-3-13(22-12)15(20)21)17-8-4-11(5-9-17)10-18-7-1-6-16-18/h1-3,6-7,11H,4-5,8-10H2,(H,20,21). The largest absolute Gasteiger partial charge is 0.477 e. The van der Waals surface area contributed by atoms with E-state index in [9.17, 15) is 9.59 Å². The van der Waals surface area contributed by atoms with Gasteiger partial charge in [-0.2, -0.15) is 5.10 Å². The predicted octanol–water partition coefficient (Wildman–Crippen LogP) is 2.20. The van der Waals surface area contributed by atoms with Gasteiger partial charge < -0.3 is 10.0 Å². The number of carbonyl (C=O) groups is 2. The Morgan fingerprint density at radius 3 is 2.59 bits per heavy atom. The number of carboxylic acids is 1. The molecule has 0 aromatic carbocycles. The first-order chi connectivity index (χ1) is 10.6. The summed E-state index contributed by atoms with van der Waals surface area (Å²) < 4.78 is 1.93. The van der Waals surface area contributed by atoms with E-state index in [-0.39, 0.29) is 10.8 Å². The highest BCUT2D eigenvalue weighted by atomic mass is 32.1. The molecule has 0 bridgehead atoms. The Hall–Kier alpha value is -2.15. The minimum atomic E-state index is -0.984. The maximum absolute atomic E-state index is 12.4. The molecule has 0 aliphatic carbocycles. The first kappa shape index (κ1) is 14.8. The van der Waals surface area contributed by atoms with E-state index in [1.807, 2.05) is 21.8 Å². The molecule has 0 atom stereocenters. The summed E-state index contributed by atoms with van der Waals surface area (Å²) in [5, 5.41) is 13.1. The highest BCUT2D eigenvalue weighted by molar-refractivity contribution is 7.15. The van der Waals surface area contributed by atoms with Crippen LogP contribution in [0.15, 0.2) is 30.6 Å². The Labute approximate surface area is 132 Å². The lowest BCUT2D eigenvalue weighted by Gasteiger charge is -2.31. The molecular formula is C15H17N3O3S. The molecule has 1 aliphatic heterocycles. The summed E-state index contributed by atoms with van der Waals surface area (Å²) >= 11 is 1.04. The van der Waals surface area contributed by atoms with Gasteiger partial charge in [-0.3, -0.25) is 9.48 Å². The summed E-state index contributed by atoms with van der Waals surface area (Å²) in [6.45, 7) is 2.31. The molecule has 3 rings (SSSR count). The number of hydrogen-bond donors (Lipinski definition) is 1. The second-order valence-corrected chi connectivity index (χ2v) is 6.52. The molecule has 6 nitrogen and oxygen atoms in total. The van der Waals surface area contributed by atoms with Gasteiger partial charge in [-0.25, -0.2) is 4.79 Å².